The largest absolute Gasteiger partial charge is 0.307 e. The van der Waals surface area contributed by atoms with Crippen LogP contribution < -0.4 is 5.32 Å². The number of hydrogen-bond donors (Lipinski definition) is 1. The minimum Gasteiger partial charge on any atom is -0.307 e. The Kier molecular flexibility index (Phi) is 3.64. The monoisotopic (exact) mass is 258 g/mol. The predicted molar refractivity (Wildman–Crippen MR) is 80.3 cm³/mol. The Morgan fingerprint density at radius 3 is 2.26 bits per heavy atom. The van der Waals surface area contributed by atoms with Crippen LogP contribution in [0.1, 0.15) is 49.8 Å². The number of fused-ring (bicyclic) bond motifs is 2. The zero-order valence-electron chi connectivity index (χ0n) is 12.4. The Morgan fingerprint density at radius 1 is 1.11 bits per heavy atom. The van der Waals surface area contributed by atoms with Gasteiger partial charge in [-0.25, -0.2) is 0 Å². The first-order valence-corrected chi connectivity index (χ1v) is 7.68. The summed E-state index contributed by atoms with van der Waals surface area (Å²) in [6.45, 7) is 4.45. The maximum Gasteiger partial charge on any atom is 0.0294 e. The Hall–Kier alpha value is -0.860. The van der Waals surface area contributed by atoms with E-state index in [1.165, 1.54) is 36.8 Å². The van der Waals surface area contributed by atoms with Crippen LogP contribution >= 0.6 is 0 Å². The molecule has 0 aromatic heterocycles. The van der Waals surface area contributed by atoms with Crippen LogP contribution in [0.15, 0.2) is 24.3 Å². The van der Waals surface area contributed by atoms with Crippen LogP contribution in [0, 0.1) is 6.92 Å². The molecule has 19 heavy (non-hydrogen) atoms. The third kappa shape index (κ3) is 2.70. The van der Waals surface area contributed by atoms with Gasteiger partial charge in [0.25, 0.3) is 0 Å². The predicted octanol–water partition coefficient (Wildman–Crippen LogP) is 3.27. The van der Waals surface area contributed by atoms with Gasteiger partial charge in [0.2, 0.25) is 0 Å². The lowest BCUT2D eigenvalue weighted by Crippen LogP contribution is -2.47. The Morgan fingerprint density at radius 2 is 1.68 bits per heavy atom. The molecule has 1 N–H and O–H groups in total. The highest BCUT2D eigenvalue weighted by Crippen LogP contribution is 2.34. The maximum absolute atomic E-state index is 3.85. The zero-order valence-corrected chi connectivity index (χ0v) is 12.4. The number of nitrogens with zero attached hydrogens (tertiary/aromatic N) is 1. The molecule has 2 nitrogen and oxygen atoms in total. The van der Waals surface area contributed by atoms with Crippen molar-refractivity contribution in [2.45, 2.75) is 63.7 Å². The summed E-state index contributed by atoms with van der Waals surface area (Å²) in [5, 5.41) is 3.85. The average Bonchev–Trinajstić information content (AvgIpc) is 2.63. The van der Waals surface area contributed by atoms with Crippen molar-refractivity contribution in [3.63, 3.8) is 0 Å². The van der Waals surface area contributed by atoms with Gasteiger partial charge >= 0.3 is 0 Å². The minimum absolute atomic E-state index is 0.466. The summed E-state index contributed by atoms with van der Waals surface area (Å²) in [7, 11) is 2.31. The first-order chi connectivity index (χ1) is 9.13. The second kappa shape index (κ2) is 5.26. The smallest absolute Gasteiger partial charge is 0.0294 e. The molecule has 2 aliphatic rings. The molecular formula is C17H26N2. The van der Waals surface area contributed by atoms with Crippen molar-refractivity contribution < 1.29 is 0 Å². The number of piperidine rings is 1. The number of rotatable bonds is 3. The summed E-state index contributed by atoms with van der Waals surface area (Å²) < 4.78 is 0. The first kappa shape index (κ1) is 13.1. The van der Waals surface area contributed by atoms with E-state index in [0.717, 1.165) is 12.1 Å². The molecule has 3 atom stereocenters. The third-order valence-electron chi connectivity index (χ3n) is 5.16. The second-order valence-corrected chi connectivity index (χ2v) is 6.52. The summed E-state index contributed by atoms with van der Waals surface area (Å²) in [5.41, 5.74) is 2.75. The van der Waals surface area contributed by atoms with E-state index in [1.54, 1.807) is 0 Å². The Labute approximate surface area is 117 Å². The summed E-state index contributed by atoms with van der Waals surface area (Å²) in [6.07, 6.45) is 5.45. The third-order valence-corrected chi connectivity index (χ3v) is 5.16. The van der Waals surface area contributed by atoms with Gasteiger partial charge in [0.1, 0.15) is 0 Å². The normalized spacial score (nSPS) is 32.5. The van der Waals surface area contributed by atoms with Gasteiger partial charge in [-0.1, -0.05) is 29.8 Å². The lowest BCUT2D eigenvalue weighted by molar-refractivity contribution is 0.144. The van der Waals surface area contributed by atoms with Crippen LogP contribution in [-0.2, 0) is 0 Å². The molecule has 1 aromatic rings. The van der Waals surface area contributed by atoms with Crippen LogP contribution in [0.5, 0.6) is 0 Å². The van der Waals surface area contributed by atoms with E-state index in [1.807, 2.05) is 0 Å². The van der Waals surface area contributed by atoms with Gasteiger partial charge in [-0.3, -0.25) is 0 Å². The lowest BCUT2D eigenvalue weighted by atomic mass is 9.96. The fourth-order valence-electron chi connectivity index (χ4n) is 3.85. The number of benzene rings is 1. The van der Waals surface area contributed by atoms with E-state index in [4.69, 9.17) is 0 Å². The first-order valence-electron chi connectivity index (χ1n) is 7.68. The topological polar surface area (TPSA) is 15.3 Å². The van der Waals surface area contributed by atoms with Crippen molar-refractivity contribution in [2.75, 3.05) is 7.05 Å². The van der Waals surface area contributed by atoms with Gasteiger partial charge in [0, 0.05) is 24.2 Å². The van der Waals surface area contributed by atoms with Crippen LogP contribution in [-0.4, -0.2) is 30.1 Å². The Balaban J connectivity index is 1.61. The maximum atomic E-state index is 3.85. The number of aryl methyl sites for hydroxylation is 1. The summed E-state index contributed by atoms with van der Waals surface area (Å²) >= 11 is 0. The van der Waals surface area contributed by atoms with Crippen molar-refractivity contribution in [2.24, 2.45) is 0 Å². The van der Waals surface area contributed by atoms with Crippen molar-refractivity contribution in [3.8, 4) is 0 Å². The fourth-order valence-corrected chi connectivity index (χ4v) is 3.85. The summed E-state index contributed by atoms with van der Waals surface area (Å²) in [4.78, 5) is 2.61. The summed E-state index contributed by atoms with van der Waals surface area (Å²) in [5.74, 6) is 0. The molecule has 2 bridgehead atoms. The highest BCUT2D eigenvalue weighted by atomic mass is 15.2. The van der Waals surface area contributed by atoms with Gasteiger partial charge in [-0.2, -0.15) is 0 Å². The molecule has 2 saturated heterocycles. The van der Waals surface area contributed by atoms with E-state index in [0.29, 0.717) is 12.1 Å². The van der Waals surface area contributed by atoms with Crippen LogP contribution in [0.4, 0.5) is 0 Å². The zero-order chi connectivity index (χ0) is 13.4. The highest BCUT2D eigenvalue weighted by Gasteiger charge is 2.38. The van der Waals surface area contributed by atoms with E-state index in [2.05, 4.69) is 55.4 Å². The quantitative estimate of drug-likeness (QED) is 0.895. The van der Waals surface area contributed by atoms with E-state index in [-0.39, 0.29) is 0 Å². The molecule has 0 saturated carbocycles. The highest BCUT2D eigenvalue weighted by molar-refractivity contribution is 5.23. The van der Waals surface area contributed by atoms with E-state index < -0.39 is 0 Å². The van der Waals surface area contributed by atoms with Crippen LogP contribution in [0.2, 0.25) is 0 Å². The van der Waals surface area contributed by atoms with Crippen LogP contribution in [0.3, 0.4) is 0 Å². The minimum atomic E-state index is 0.466. The molecule has 2 heteroatoms. The van der Waals surface area contributed by atoms with Crippen molar-refractivity contribution in [1.82, 2.24) is 10.2 Å². The van der Waals surface area contributed by atoms with Crippen molar-refractivity contribution in [3.05, 3.63) is 35.4 Å². The standard InChI is InChI=1S/C17H26N2/c1-12-4-6-14(7-5-12)13(2)18-15-10-16-8-9-17(11-15)19(16)3/h4-7,13,15-18H,8-11H2,1-3H3/t13-,15?,16?,17?/m0/s1. The lowest BCUT2D eigenvalue weighted by Gasteiger charge is -2.38. The molecule has 2 unspecified atom stereocenters. The fraction of sp³-hybridized carbons (Fsp3) is 0.647. The molecule has 2 aliphatic heterocycles. The van der Waals surface area contributed by atoms with Gasteiger partial charge in [-0.15, -0.1) is 0 Å². The molecule has 1 aromatic carbocycles. The molecule has 0 spiro atoms. The average molecular weight is 258 g/mol. The molecule has 0 amide bonds. The SMILES string of the molecule is Cc1ccc([C@H](C)NC2CC3CCC(C2)N3C)cc1. The molecule has 2 fully saturated rings. The molecule has 104 valence electrons. The van der Waals surface area contributed by atoms with Crippen molar-refractivity contribution >= 4 is 0 Å². The van der Waals surface area contributed by atoms with Gasteiger partial charge in [0.05, 0.1) is 0 Å². The van der Waals surface area contributed by atoms with Crippen LogP contribution in [0.25, 0.3) is 0 Å². The number of hydrogen-bond acceptors (Lipinski definition) is 2. The molecule has 3 rings (SSSR count). The molecule has 0 aliphatic carbocycles. The van der Waals surface area contributed by atoms with Gasteiger partial charge in [-0.05, 0) is 52.1 Å². The van der Waals surface area contributed by atoms with E-state index in [9.17, 15) is 0 Å². The Bertz CT molecular complexity index is 411. The van der Waals surface area contributed by atoms with Gasteiger partial charge < -0.3 is 10.2 Å². The van der Waals surface area contributed by atoms with Gasteiger partial charge in [0.15, 0.2) is 0 Å². The molecular weight excluding hydrogens is 232 g/mol. The summed E-state index contributed by atoms with van der Waals surface area (Å²) in [6, 6.07) is 11.8. The van der Waals surface area contributed by atoms with E-state index >= 15 is 0 Å². The van der Waals surface area contributed by atoms with Crippen molar-refractivity contribution in [1.29, 1.82) is 0 Å². The number of nitrogens with one attached hydrogen (secondary N) is 1. The second-order valence-electron chi connectivity index (χ2n) is 6.52. The molecule has 0 radical (unpaired) electrons. The molecule has 2 heterocycles.